The van der Waals surface area contributed by atoms with Crippen molar-refractivity contribution in [3.8, 4) is 0 Å². The third-order valence-corrected chi connectivity index (χ3v) is 3.80. The molecule has 1 aliphatic heterocycles. The number of nitrogens with zero attached hydrogens (tertiary/aromatic N) is 1. The number of carbonyl (C=O) groups excluding carboxylic acids is 1. The van der Waals surface area contributed by atoms with Gasteiger partial charge < -0.3 is 10.6 Å². The number of nitrogens with one attached hydrogen (secondary N) is 1. The quantitative estimate of drug-likeness (QED) is 0.397. The molecule has 5 N–H and O–H groups in total. The number of hydrazine groups is 1. The van der Waals surface area contributed by atoms with Crippen molar-refractivity contribution in [2.24, 2.45) is 17.5 Å². The van der Waals surface area contributed by atoms with Gasteiger partial charge in [0, 0.05) is 13.1 Å². The van der Waals surface area contributed by atoms with Crippen molar-refractivity contribution < 1.29 is 4.79 Å². The normalized spacial score (nSPS) is 21.3. The number of likely N-dealkylation sites (tertiary alicyclic amines) is 1. The number of hydrogen-bond acceptors (Lipinski definition) is 4. The first-order valence-electron chi connectivity index (χ1n) is 6.72. The smallest absolute Gasteiger partial charge is 0.242 e. The Labute approximate surface area is 113 Å². The molecule has 1 aliphatic rings. The van der Waals surface area contributed by atoms with Crippen LogP contribution >= 0.6 is 0 Å². The Hall–Kier alpha value is -1.43. The van der Waals surface area contributed by atoms with Crippen LogP contribution in [0.1, 0.15) is 17.9 Å². The lowest BCUT2D eigenvalue weighted by Crippen LogP contribution is -2.40. The van der Waals surface area contributed by atoms with E-state index in [-0.39, 0.29) is 11.8 Å². The summed E-state index contributed by atoms with van der Waals surface area (Å²) in [5, 5.41) is 0. The Morgan fingerprint density at radius 1 is 1.42 bits per heavy atom. The van der Waals surface area contributed by atoms with Crippen molar-refractivity contribution in [3.63, 3.8) is 0 Å². The van der Waals surface area contributed by atoms with Crippen LogP contribution in [0.25, 0.3) is 0 Å². The van der Waals surface area contributed by atoms with Crippen LogP contribution in [0.3, 0.4) is 0 Å². The fourth-order valence-corrected chi connectivity index (χ4v) is 2.65. The summed E-state index contributed by atoms with van der Waals surface area (Å²) < 4.78 is 0. The first-order valence-corrected chi connectivity index (χ1v) is 6.72. The second-order valence-corrected chi connectivity index (χ2v) is 5.12. The fourth-order valence-electron chi connectivity index (χ4n) is 2.65. The SMILES string of the molecule is NCC1CCN(CC(C(=O)NN)c2ccccc2)C1. The van der Waals surface area contributed by atoms with E-state index >= 15 is 0 Å². The van der Waals surface area contributed by atoms with E-state index in [0.717, 1.165) is 31.6 Å². The molecule has 2 rings (SSSR count). The summed E-state index contributed by atoms with van der Waals surface area (Å²) >= 11 is 0. The number of amides is 1. The van der Waals surface area contributed by atoms with Gasteiger partial charge in [-0.25, -0.2) is 5.84 Å². The molecule has 0 spiro atoms. The Kier molecular flexibility index (Phi) is 4.90. The molecule has 2 atom stereocenters. The molecule has 1 fully saturated rings. The Balaban J connectivity index is 2.05. The summed E-state index contributed by atoms with van der Waals surface area (Å²) in [5.74, 6) is 5.50. The Morgan fingerprint density at radius 2 is 2.16 bits per heavy atom. The second kappa shape index (κ2) is 6.65. The molecular formula is C14H22N4O. The summed E-state index contributed by atoms with van der Waals surface area (Å²) in [7, 11) is 0. The van der Waals surface area contributed by atoms with Gasteiger partial charge in [0.25, 0.3) is 0 Å². The minimum Gasteiger partial charge on any atom is -0.330 e. The monoisotopic (exact) mass is 262 g/mol. The molecule has 0 bridgehead atoms. The van der Waals surface area contributed by atoms with Crippen LogP contribution in [-0.2, 0) is 4.79 Å². The van der Waals surface area contributed by atoms with Crippen molar-refractivity contribution in [1.82, 2.24) is 10.3 Å². The third kappa shape index (κ3) is 3.53. The molecule has 0 aliphatic carbocycles. The average Bonchev–Trinajstić information content (AvgIpc) is 2.92. The number of nitrogens with two attached hydrogens (primary N) is 2. The molecule has 1 heterocycles. The highest BCUT2D eigenvalue weighted by atomic mass is 16.2. The van der Waals surface area contributed by atoms with Gasteiger partial charge in [0.15, 0.2) is 0 Å². The molecule has 2 unspecified atom stereocenters. The summed E-state index contributed by atoms with van der Waals surface area (Å²) in [6, 6.07) is 9.77. The van der Waals surface area contributed by atoms with Gasteiger partial charge in [0.2, 0.25) is 5.91 Å². The predicted octanol–water partition coefficient (Wildman–Crippen LogP) is 0.0407. The van der Waals surface area contributed by atoms with Gasteiger partial charge in [-0.3, -0.25) is 10.2 Å². The van der Waals surface area contributed by atoms with Crippen molar-refractivity contribution >= 4 is 5.91 Å². The molecule has 0 radical (unpaired) electrons. The lowest BCUT2D eigenvalue weighted by Gasteiger charge is -2.23. The molecule has 0 saturated carbocycles. The summed E-state index contributed by atoms with van der Waals surface area (Å²) in [6.07, 6.45) is 1.11. The fraction of sp³-hybridized carbons (Fsp3) is 0.500. The summed E-state index contributed by atoms with van der Waals surface area (Å²) in [4.78, 5) is 14.3. The molecule has 1 saturated heterocycles. The number of rotatable bonds is 5. The number of hydrogen-bond donors (Lipinski definition) is 3. The molecule has 1 amide bonds. The van der Waals surface area contributed by atoms with E-state index in [4.69, 9.17) is 11.6 Å². The zero-order chi connectivity index (χ0) is 13.7. The van der Waals surface area contributed by atoms with Crippen molar-refractivity contribution in [2.75, 3.05) is 26.2 Å². The van der Waals surface area contributed by atoms with Gasteiger partial charge in [-0.1, -0.05) is 30.3 Å². The summed E-state index contributed by atoms with van der Waals surface area (Å²) in [6.45, 7) is 3.39. The van der Waals surface area contributed by atoms with E-state index in [1.807, 2.05) is 30.3 Å². The number of carbonyl (C=O) groups is 1. The first kappa shape index (κ1) is 14.0. The Bertz CT molecular complexity index is 409. The Morgan fingerprint density at radius 3 is 2.74 bits per heavy atom. The van der Waals surface area contributed by atoms with Gasteiger partial charge in [0.1, 0.15) is 0 Å². The van der Waals surface area contributed by atoms with Crippen LogP contribution in [-0.4, -0.2) is 37.0 Å². The third-order valence-electron chi connectivity index (χ3n) is 3.80. The first-order chi connectivity index (χ1) is 9.24. The molecule has 104 valence electrons. The standard InChI is InChI=1S/C14H22N4O/c15-8-11-6-7-18(9-11)10-13(14(19)17-16)12-4-2-1-3-5-12/h1-5,11,13H,6-10,15-16H2,(H,17,19). The molecule has 1 aromatic carbocycles. The zero-order valence-corrected chi connectivity index (χ0v) is 11.1. The molecule has 19 heavy (non-hydrogen) atoms. The average molecular weight is 262 g/mol. The van der Waals surface area contributed by atoms with Gasteiger partial charge in [-0.2, -0.15) is 0 Å². The van der Waals surface area contributed by atoms with E-state index in [0.29, 0.717) is 12.5 Å². The van der Waals surface area contributed by atoms with Crippen LogP contribution in [0, 0.1) is 5.92 Å². The molecule has 5 nitrogen and oxygen atoms in total. The topological polar surface area (TPSA) is 84.4 Å². The van der Waals surface area contributed by atoms with Gasteiger partial charge in [-0.15, -0.1) is 0 Å². The maximum absolute atomic E-state index is 12.0. The maximum Gasteiger partial charge on any atom is 0.242 e. The van der Waals surface area contributed by atoms with Crippen molar-refractivity contribution in [2.45, 2.75) is 12.3 Å². The van der Waals surface area contributed by atoms with Crippen molar-refractivity contribution in [3.05, 3.63) is 35.9 Å². The zero-order valence-electron chi connectivity index (χ0n) is 11.1. The predicted molar refractivity (Wildman–Crippen MR) is 75.1 cm³/mol. The second-order valence-electron chi connectivity index (χ2n) is 5.12. The number of benzene rings is 1. The van der Waals surface area contributed by atoms with Gasteiger partial charge >= 0.3 is 0 Å². The van der Waals surface area contributed by atoms with Crippen LogP contribution in [0.2, 0.25) is 0 Å². The minimum atomic E-state index is -0.220. The lowest BCUT2D eigenvalue weighted by atomic mass is 9.98. The highest BCUT2D eigenvalue weighted by Gasteiger charge is 2.27. The van der Waals surface area contributed by atoms with Crippen molar-refractivity contribution in [1.29, 1.82) is 0 Å². The van der Waals surface area contributed by atoms with Crippen LogP contribution in [0.5, 0.6) is 0 Å². The van der Waals surface area contributed by atoms with E-state index in [2.05, 4.69) is 10.3 Å². The molecule has 0 aromatic heterocycles. The maximum atomic E-state index is 12.0. The van der Waals surface area contributed by atoms with Gasteiger partial charge in [-0.05, 0) is 31.0 Å². The molecule has 1 aromatic rings. The largest absolute Gasteiger partial charge is 0.330 e. The van der Waals surface area contributed by atoms with Crippen LogP contribution in [0.15, 0.2) is 30.3 Å². The minimum absolute atomic E-state index is 0.137. The van der Waals surface area contributed by atoms with E-state index in [1.165, 1.54) is 0 Å². The molecular weight excluding hydrogens is 240 g/mol. The highest BCUT2D eigenvalue weighted by molar-refractivity contribution is 5.83. The van der Waals surface area contributed by atoms with E-state index in [1.54, 1.807) is 0 Å². The highest BCUT2D eigenvalue weighted by Crippen LogP contribution is 2.22. The van der Waals surface area contributed by atoms with Crippen LogP contribution in [0.4, 0.5) is 0 Å². The molecule has 5 heteroatoms. The van der Waals surface area contributed by atoms with E-state index < -0.39 is 0 Å². The summed E-state index contributed by atoms with van der Waals surface area (Å²) in [5.41, 5.74) is 8.97. The lowest BCUT2D eigenvalue weighted by molar-refractivity contribution is -0.123. The van der Waals surface area contributed by atoms with Gasteiger partial charge in [0.05, 0.1) is 5.92 Å². The van der Waals surface area contributed by atoms with Crippen LogP contribution < -0.4 is 17.0 Å². The van der Waals surface area contributed by atoms with E-state index in [9.17, 15) is 4.79 Å².